The number of carbonyl (C=O) groups excluding carboxylic acids is 1. The standard InChI is InChI=1S/C18H32N4O2/c1-16(2,3)13-11-14(22(21-13)17(4,5)6)19-15(24)20-18(12-23)9-7-8-10-18/h11,23H,7-10,12H2,1-6H3,(H2,19,20,24). The normalized spacial score (nSPS) is 17.8. The number of rotatable bonds is 3. The molecule has 1 aliphatic rings. The van der Waals surface area contributed by atoms with Gasteiger partial charge in [0, 0.05) is 11.5 Å². The summed E-state index contributed by atoms with van der Waals surface area (Å²) in [6.45, 7) is 12.5. The first-order chi connectivity index (χ1) is 11.0. The fourth-order valence-electron chi connectivity index (χ4n) is 3.11. The van der Waals surface area contributed by atoms with Crippen molar-refractivity contribution >= 4 is 11.8 Å². The Morgan fingerprint density at radius 1 is 1.25 bits per heavy atom. The number of amides is 2. The van der Waals surface area contributed by atoms with Crippen molar-refractivity contribution in [2.75, 3.05) is 11.9 Å². The van der Waals surface area contributed by atoms with Crippen molar-refractivity contribution in [3.05, 3.63) is 11.8 Å². The number of nitrogens with one attached hydrogen (secondary N) is 2. The topological polar surface area (TPSA) is 79.2 Å². The summed E-state index contributed by atoms with van der Waals surface area (Å²) < 4.78 is 1.85. The lowest BCUT2D eigenvalue weighted by Crippen LogP contribution is -2.51. The molecule has 0 saturated heterocycles. The van der Waals surface area contributed by atoms with Gasteiger partial charge in [-0.1, -0.05) is 33.6 Å². The second-order valence-corrected chi connectivity index (χ2v) is 8.97. The van der Waals surface area contributed by atoms with E-state index in [1.54, 1.807) is 0 Å². The molecule has 0 aromatic carbocycles. The van der Waals surface area contributed by atoms with Crippen molar-refractivity contribution in [3.8, 4) is 0 Å². The predicted octanol–water partition coefficient (Wildman–Crippen LogP) is 3.36. The van der Waals surface area contributed by atoms with Crippen molar-refractivity contribution in [2.45, 2.75) is 83.7 Å². The van der Waals surface area contributed by atoms with Gasteiger partial charge in [0.25, 0.3) is 0 Å². The summed E-state index contributed by atoms with van der Waals surface area (Å²) >= 11 is 0. The maximum atomic E-state index is 12.5. The summed E-state index contributed by atoms with van der Waals surface area (Å²) in [6, 6.07) is 1.65. The molecule has 0 spiro atoms. The van der Waals surface area contributed by atoms with Crippen LogP contribution in [0.3, 0.4) is 0 Å². The summed E-state index contributed by atoms with van der Waals surface area (Å²) in [5.41, 5.74) is 0.115. The van der Waals surface area contributed by atoms with Gasteiger partial charge >= 0.3 is 6.03 Å². The monoisotopic (exact) mass is 336 g/mol. The Bertz CT molecular complexity index is 587. The minimum absolute atomic E-state index is 0.0216. The third kappa shape index (κ3) is 4.09. The molecule has 0 radical (unpaired) electrons. The van der Waals surface area contributed by atoms with Crippen LogP contribution in [-0.2, 0) is 11.0 Å². The van der Waals surface area contributed by atoms with Gasteiger partial charge < -0.3 is 10.4 Å². The summed E-state index contributed by atoms with van der Waals surface area (Å²) in [5, 5.41) is 20.3. The number of nitrogens with zero attached hydrogens (tertiary/aromatic N) is 2. The molecule has 1 fully saturated rings. The average Bonchev–Trinajstić information content (AvgIpc) is 3.04. The lowest BCUT2D eigenvalue weighted by molar-refractivity contribution is 0.167. The van der Waals surface area contributed by atoms with Gasteiger partial charge in [-0.3, -0.25) is 5.32 Å². The Hall–Kier alpha value is -1.56. The van der Waals surface area contributed by atoms with Crippen LogP contribution in [0.25, 0.3) is 0 Å². The minimum Gasteiger partial charge on any atom is -0.394 e. The number of hydrogen-bond donors (Lipinski definition) is 3. The molecular weight excluding hydrogens is 304 g/mol. The summed E-state index contributed by atoms with van der Waals surface area (Å²) in [7, 11) is 0. The van der Waals surface area contributed by atoms with Crippen molar-refractivity contribution in [2.24, 2.45) is 0 Å². The van der Waals surface area contributed by atoms with Crippen LogP contribution in [0, 0.1) is 0 Å². The van der Waals surface area contributed by atoms with Crippen molar-refractivity contribution in [1.82, 2.24) is 15.1 Å². The molecule has 3 N–H and O–H groups in total. The van der Waals surface area contributed by atoms with Crippen LogP contribution >= 0.6 is 0 Å². The van der Waals surface area contributed by atoms with Gasteiger partial charge in [-0.15, -0.1) is 0 Å². The zero-order valence-electron chi connectivity index (χ0n) is 15.9. The molecule has 0 bridgehead atoms. The van der Waals surface area contributed by atoms with E-state index in [-0.39, 0.29) is 23.6 Å². The molecule has 136 valence electrons. The third-order valence-electron chi connectivity index (χ3n) is 4.60. The van der Waals surface area contributed by atoms with E-state index < -0.39 is 5.54 Å². The van der Waals surface area contributed by atoms with E-state index in [2.05, 4.69) is 52.2 Å². The minimum atomic E-state index is -0.483. The number of aliphatic hydroxyl groups is 1. The van der Waals surface area contributed by atoms with Crippen molar-refractivity contribution < 1.29 is 9.90 Å². The molecular formula is C18H32N4O2. The smallest absolute Gasteiger partial charge is 0.320 e. The van der Waals surface area contributed by atoms with E-state index in [1.165, 1.54) is 0 Å². The van der Waals surface area contributed by atoms with Crippen LogP contribution in [-0.4, -0.2) is 33.1 Å². The van der Waals surface area contributed by atoms with Crippen molar-refractivity contribution in [1.29, 1.82) is 0 Å². The number of aliphatic hydroxyl groups excluding tert-OH is 1. The maximum absolute atomic E-state index is 12.5. The Morgan fingerprint density at radius 2 is 1.83 bits per heavy atom. The highest BCUT2D eigenvalue weighted by molar-refractivity contribution is 5.89. The fourth-order valence-corrected chi connectivity index (χ4v) is 3.11. The molecule has 2 rings (SSSR count). The van der Waals surface area contributed by atoms with Gasteiger partial charge in [0.1, 0.15) is 5.82 Å². The highest BCUT2D eigenvalue weighted by Crippen LogP contribution is 2.30. The number of aromatic nitrogens is 2. The molecule has 0 atom stereocenters. The molecule has 0 aliphatic heterocycles. The molecule has 1 heterocycles. The highest BCUT2D eigenvalue weighted by atomic mass is 16.3. The van der Waals surface area contributed by atoms with Crippen molar-refractivity contribution in [3.63, 3.8) is 0 Å². The first-order valence-corrected chi connectivity index (χ1v) is 8.78. The summed E-state index contributed by atoms with van der Waals surface area (Å²) in [5.74, 6) is 0.677. The van der Waals surface area contributed by atoms with Crippen LogP contribution in [0.5, 0.6) is 0 Å². The second kappa shape index (κ2) is 6.39. The predicted molar refractivity (Wildman–Crippen MR) is 96.4 cm³/mol. The van der Waals surface area contributed by atoms with E-state index in [0.29, 0.717) is 5.82 Å². The number of urea groups is 1. The maximum Gasteiger partial charge on any atom is 0.320 e. The molecule has 0 unspecified atom stereocenters. The Labute approximate surface area is 145 Å². The fraction of sp³-hybridized carbons (Fsp3) is 0.778. The number of anilines is 1. The lowest BCUT2D eigenvalue weighted by Gasteiger charge is -2.28. The van der Waals surface area contributed by atoms with E-state index in [4.69, 9.17) is 5.10 Å². The molecule has 2 amide bonds. The molecule has 24 heavy (non-hydrogen) atoms. The van der Waals surface area contributed by atoms with Gasteiger partial charge in [-0.25, -0.2) is 9.48 Å². The Morgan fingerprint density at radius 3 is 2.29 bits per heavy atom. The molecule has 6 nitrogen and oxygen atoms in total. The Balaban J connectivity index is 2.22. The van der Waals surface area contributed by atoms with E-state index in [0.717, 1.165) is 31.4 Å². The SMILES string of the molecule is CC(C)(C)c1cc(NC(=O)NC2(CO)CCCC2)n(C(C)(C)C)n1. The van der Waals surface area contributed by atoms with Gasteiger partial charge in [0.05, 0.1) is 23.4 Å². The molecule has 1 aliphatic carbocycles. The second-order valence-electron chi connectivity index (χ2n) is 8.97. The average molecular weight is 336 g/mol. The summed E-state index contributed by atoms with van der Waals surface area (Å²) in [4.78, 5) is 12.5. The Kier molecular flexibility index (Phi) is 5.00. The van der Waals surface area contributed by atoms with Crippen LogP contribution in [0.2, 0.25) is 0 Å². The van der Waals surface area contributed by atoms with Gasteiger partial charge in [-0.2, -0.15) is 5.10 Å². The lowest BCUT2D eigenvalue weighted by atomic mass is 9.92. The van der Waals surface area contributed by atoms with Gasteiger partial charge in [0.2, 0.25) is 0 Å². The van der Waals surface area contributed by atoms with Crippen LogP contribution in [0.1, 0.15) is 72.9 Å². The van der Waals surface area contributed by atoms with E-state index in [1.807, 2.05) is 10.7 Å². The summed E-state index contributed by atoms with van der Waals surface area (Å²) in [6.07, 6.45) is 3.72. The first kappa shape index (κ1) is 18.8. The van der Waals surface area contributed by atoms with Crippen LogP contribution in [0.15, 0.2) is 6.07 Å². The zero-order chi connectivity index (χ0) is 18.2. The molecule has 6 heteroatoms. The van der Waals surface area contributed by atoms with Gasteiger partial charge in [0.15, 0.2) is 0 Å². The molecule has 1 aromatic rings. The third-order valence-corrected chi connectivity index (χ3v) is 4.60. The van der Waals surface area contributed by atoms with Crippen LogP contribution < -0.4 is 10.6 Å². The largest absolute Gasteiger partial charge is 0.394 e. The van der Waals surface area contributed by atoms with E-state index >= 15 is 0 Å². The number of hydrogen-bond acceptors (Lipinski definition) is 3. The zero-order valence-corrected chi connectivity index (χ0v) is 15.9. The molecule has 1 saturated carbocycles. The quantitative estimate of drug-likeness (QED) is 0.792. The number of carbonyl (C=O) groups is 1. The van der Waals surface area contributed by atoms with Crippen LogP contribution in [0.4, 0.5) is 10.6 Å². The van der Waals surface area contributed by atoms with E-state index in [9.17, 15) is 9.90 Å². The first-order valence-electron chi connectivity index (χ1n) is 8.78. The van der Waals surface area contributed by atoms with Gasteiger partial charge in [-0.05, 0) is 33.6 Å². The highest BCUT2D eigenvalue weighted by Gasteiger charge is 2.35. The molecule has 1 aromatic heterocycles.